The van der Waals surface area contributed by atoms with Gasteiger partial charge in [0.05, 0.1) is 4.90 Å². The highest BCUT2D eigenvalue weighted by Gasteiger charge is 2.19. The van der Waals surface area contributed by atoms with Crippen LogP contribution in [0.5, 0.6) is 0 Å². The van der Waals surface area contributed by atoms with E-state index in [0.717, 1.165) is 31.6 Å². The molecule has 0 spiro atoms. The summed E-state index contributed by atoms with van der Waals surface area (Å²) < 4.78 is 23.2. The van der Waals surface area contributed by atoms with E-state index < -0.39 is 10.0 Å². The summed E-state index contributed by atoms with van der Waals surface area (Å²) in [5, 5.41) is 5.25. The Hall–Kier alpha value is -1.27. The van der Waals surface area contributed by atoms with Crippen molar-refractivity contribution in [3.05, 3.63) is 17.7 Å². The second kappa shape index (κ2) is 5.38. The van der Waals surface area contributed by atoms with Crippen LogP contribution in [-0.2, 0) is 10.0 Å². The maximum Gasteiger partial charge on any atom is 0.238 e. The lowest BCUT2D eigenvalue weighted by Gasteiger charge is -2.26. The molecule has 0 radical (unpaired) electrons. The van der Waals surface area contributed by atoms with Crippen molar-refractivity contribution in [2.75, 3.05) is 23.7 Å². The summed E-state index contributed by atoms with van der Waals surface area (Å²) in [5.74, 6) is 0. The summed E-state index contributed by atoms with van der Waals surface area (Å²) in [6, 6.07) is 3.28. The van der Waals surface area contributed by atoms with Crippen molar-refractivity contribution in [2.24, 2.45) is 5.14 Å². The number of hydrogen-bond acceptors (Lipinski definition) is 4. The average molecular weight is 283 g/mol. The zero-order chi connectivity index (χ0) is 14.0. The highest BCUT2D eigenvalue weighted by atomic mass is 32.2. The van der Waals surface area contributed by atoms with Crippen LogP contribution in [0.15, 0.2) is 17.0 Å². The van der Waals surface area contributed by atoms with E-state index in [1.165, 1.54) is 18.9 Å². The van der Waals surface area contributed by atoms with Crippen molar-refractivity contribution in [3.63, 3.8) is 0 Å². The van der Waals surface area contributed by atoms with Crippen LogP contribution in [0, 0.1) is 6.92 Å². The van der Waals surface area contributed by atoms with Crippen molar-refractivity contribution < 1.29 is 8.42 Å². The number of anilines is 2. The molecule has 1 heterocycles. The number of benzene rings is 1. The summed E-state index contributed by atoms with van der Waals surface area (Å²) in [4.78, 5) is 2.35. The zero-order valence-electron chi connectivity index (χ0n) is 11.2. The molecule has 1 aromatic carbocycles. The summed E-state index contributed by atoms with van der Waals surface area (Å²) in [6.07, 6.45) is 4.69. The summed E-state index contributed by atoms with van der Waals surface area (Å²) >= 11 is 0. The third-order valence-corrected chi connectivity index (χ3v) is 4.65. The highest BCUT2D eigenvalue weighted by Crippen LogP contribution is 2.30. The largest absolute Gasteiger partial charge is 0.399 e. The van der Waals surface area contributed by atoms with Gasteiger partial charge in [-0.05, 0) is 37.5 Å². The second-order valence-electron chi connectivity index (χ2n) is 5.11. The quantitative estimate of drug-likeness (QED) is 0.807. The smallest absolute Gasteiger partial charge is 0.238 e. The predicted octanol–water partition coefficient (Wildman–Crippen LogP) is 1.61. The Labute approximate surface area is 114 Å². The normalized spacial score (nSPS) is 17.3. The van der Waals surface area contributed by atoms with E-state index in [9.17, 15) is 8.42 Å². The highest BCUT2D eigenvalue weighted by molar-refractivity contribution is 7.89. The summed E-state index contributed by atoms with van der Waals surface area (Å²) in [6.45, 7) is 3.67. The number of nitrogens with two attached hydrogens (primary N) is 2. The third kappa shape index (κ3) is 3.19. The first-order valence-corrected chi connectivity index (χ1v) is 8.12. The molecule has 5 nitrogen and oxygen atoms in total. The topological polar surface area (TPSA) is 89.4 Å². The fourth-order valence-corrected chi connectivity index (χ4v) is 3.46. The molecule has 1 aliphatic heterocycles. The molecular weight excluding hydrogens is 262 g/mol. The number of sulfonamides is 1. The number of hydrogen-bond donors (Lipinski definition) is 2. The summed E-state index contributed by atoms with van der Waals surface area (Å²) in [5.41, 5.74) is 7.85. The fourth-order valence-electron chi connectivity index (χ4n) is 2.63. The van der Waals surface area contributed by atoms with Crippen molar-refractivity contribution in [3.8, 4) is 0 Å². The first-order chi connectivity index (χ1) is 8.89. The Balaban J connectivity index is 2.48. The standard InChI is InChI=1S/C13H21N3O2S/c1-10-12(16-6-4-2-3-5-7-16)8-11(14)9-13(10)19(15,17)18/h8-9H,2-7,14H2,1H3,(H2,15,17,18). The van der Waals surface area contributed by atoms with Crippen molar-refractivity contribution >= 4 is 21.4 Å². The molecule has 4 N–H and O–H groups in total. The van der Waals surface area contributed by atoms with Crippen LogP contribution in [0.4, 0.5) is 11.4 Å². The van der Waals surface area contributed by atoms with Crippen LogP contribution in [0.25, 0.3) is 0 Å². The van der Waals surface area contributed by atoms with Gasteiger partial charge in [0, 0.05) is 24.5 Å². The van der Waals surface area contributed by atoms with Crippen LogP contribution in [0.1, 0.15) is 31.2 Å². The number of primary sulfonamides is 1. The van der Waals surface area contributed by atoms with E-state index in [2.05, 4.69) is 4.90 Å². The van der Waals surface area contributed by atoms with E-state index in [-0.39, 0.29) is 4.90 Å². The SMILES string of the molecule is Cc1c(N2CCCCCC2)cc(N)cc1S(N)(=O)=O. The van der Waals surface area contributed by atoms with Gasteiger partial charge in [-0.1, -0.05) is 12.8 Å². The third-order valence-electron chi connectivity index (χ3n) is 3.61. The number of nitrogens with zero attached hydrogens (tertiary/aromatic N) is 1. The molecule has 0 atom stereocenters. The lowest BCUT2D eigenvalue weighted by atomic mass is 10.1. The predicted molar refractivity (Wildman–Crippen MR) is 77.6 cm³/mol. The molecule has 1 aliphatic rings. The van der Waals surface area contributed by atoms with Gasteiger partial charge in [0.2, 0.25) is 10.0 Å². The molecular formula is C13H21N3O2S. The van der Waals surface area contributed by atoms with E-state index in [1.807, 2.05) is 6.07 Å². The van der Waals surface area contributed by atoms with E-state index >= 15 is 0 Å². The minimum absolute atomic E-state index is 0.131. The van der Waals surface area contributed by atoms with Crippen molar-refractivity contribution in [1.29, 1.82) is 0 Å². The van der Waals surface area contributed by atoms with E-state index in [4.69, 9.17) is 10.9 Å². The lowest BCUT2D eigenvalue weighted by Crippen LogP contribution is -2.26. The van der Waals surface area contributed by atoms with E-state index in [0.29, 0.717) is 11.3 Å². The molecule has 6 heteroatoms. The number of nitrogen functional groups attached to an aromatic ring is 1. The molecule has 0 aromatic heterocycles. The zero-order valence-corrected chi connectivity index (χ0v) is 12.0. The van der Waals surface area contributed by atoms with Gasteiger partial charge in [0.15, 0.2) is 0 Å². The summed E-state index contributed by atoms with van der Waals surface area (Å²) in [7, 11) is -3.73. The van der Waals surface area contributed by atoms with Crippen molar-refractivity contribution in [2.45, 2.75) is 37.5 Å². The lowest BCUT2D eigenvalue weighted by molar-refractivity contribution is 0.597. The molecule has 0 bridgehead atoms. The van der Waals surface area contributed by atoms with Crippen LogP contribution in [-0.4, -0.2) is 21.5 Å². The molecule has 2 rings (SSSR count). The Kier molecular flexibility index (Phi) is 4.01. The maximum absolute atomic E-state index is 11.6. The van der Waals surface area contributed by atoms with Crippen LogP contribution in [0.2, 0.25) is 0 Å². The molecule has 1 aromatic rings. The molecule has 0 aliphatic carbocycles. The van der Waals surface area contributed by atoms with Crippen molar-refractivity contribution in [1.82, 2.24) is 0 Å². The maximum atomic E-state index is 11.6. The Morgan fingerprint density at radius 3 is 2.21 bits per heavy atom. The van der Waals surface area contributed by atoms with Crippen LogP contribution in [0.3, 0.4) is 0 Å². The van der Waals surface area contributed by atoms with Gasteiger partial charge in [-0.3, -0.25) is 0 Å². The van der Waals surface area contributed by atoms with Gasteiger partial charge in [-0.2, -0.15) is 0 Å². The van der Waals surface area contributed by atoms with Gasteiger partial charge in [0.1, 0.15) is 0 Å². The monoisotopic (exact) mass is 283 g/mol. The number of rotatable bonds is 2. The van der Waals surface area contributed by atoms with Gasteiger partial charge < -0.3 is 10.6 Å². The Morgan fingerprint density at radius 1 is 1.11 bits per heavy atom. The Bertz CT molecular complexity index is 561. The fraction of sp³-hybridized carbons (Fsp3) is 0.538. The minimum Gasteiger partial charge on any atom is -0.399 e. The van der Waals surface area contributed by atoms with Gasteiger partial charge in [0.25, 0.3) is 0 Å². The van der Waals surface area contributed by atoms with Crippen LogP contribution >= 0.6 is 0 Å². The second-order valence-corrected chi connectivity index (χ2v) is 6.64. The molecule has 1 saturated heterocycles. The van der Waals surface area contributed by atoms with E-state index in [1.54, 1.807) is 6.92 Å². The molecule has 0 unspecified atom stereocenters. The minimum atomic E-state index is -3.73. The van der Waals surface area contributed by atoms with Gasteiger partial charge in [-0.15, -0.1) is 0 Å². The first kappa shape index (κ1) is 14.1. The average Bonchev–Trinajstić information content (AvgIpc) is 2.59. The first-order valence-electron chi connectivity index (χ1n) is 6.57. The van der Waals surface area contributed by atoms with Crippen LogP contribution < -0.4 is 15.8 Å². The Morgan fingerprint density at radius 2 is 1.68 bits per heavy atom. The molecule has 0 saturated carbocycles. The molecule has 19 heavy (non-hydrogen) atoms. The van der Waals surface area contributed by atoms with Gasteiger partial charge in [-0.25, -0.2) is 13.6 Å². The molecule has 0 amide bonds. The van der Waals surface area contributed by atoms with Gasteiger partial charge >= 0.3 is 0 Å². The molecule has 106 valence electrons. The molecule has 1 fully saturated rings.